The van der Waals surface area contributed by atoms with E-state index in [2.05, 4.69) is 29.4 Å². The van der Waals surface area contributed by atoms with Gasteiger partial charge in [-0.25, -0.2) is 4.98 Å². The molecule has 0 saturated heterocycles. The second-order valence-electron chi connectivity index (χ2n) is 5.32. The number of rotatable bonds is 6. The number of amides is 1. The normalized spacial score (nSPS) is 12.4. The second kappa shape index (κ2) is 6.75. The summed E-state index contributed by atoms with van der Waals surface area (Å²) in [4.78, 5) is 17.5. The lowest BCUT2D eigenvalue weighted by Gasteiger charge is -2.16. The monoisotopic (exact) mass is 313 g/mol. The van der Waals surface area contributed by atoms with Crippen LogP contribution in [0.15, 0.2) is 48.1 Å². The lowest BCUT2D eigenvalue weighted by molar-refractivity contribution is -0.120. The number of carbonyl (C=O) groups is 1. The standard InChI is InChI=1S/C17H19N3OS/c1-2-13(14-6-4-3-5-7-14)11-18-16(21)10-15-12-20-8-9-22-17(20)19-15/h3-9,12-13H,2,10-11H2,1H3,(H,18,21). The Morgan fingerprint density at radius 2 is 2.18 bits per heavy atom. The van der Waals surface area contributed by atoms with Crippen LogP contribution in [0, 0.1) is 0 Å². The zero-order valence-electron chi connectivity index (χ0n) is 12.5. The fourth-order valence-electron chi connectivity index (χ4n) is 2.55. The van der Waals surface area contributed by atoms with Crippen molar-refractivity contribution in [1.29, 1.82) is 0 Å². The van der Waals surface area contributed by atoms with Crippen LogP contribution in [0.3, 0.4) is 0 Å². The quantitative estimate of drug-likeness (QED) is 0.759. The molecule has 22 heavy (non-hydrogen) atoms. The van der Waals surface area contributed by atoms with Gasteiger partial charge in [-0.15, -0.1) is 11.3 Å². The van der Waals surface area contributed by atoms with Crippen molar-refractivity contribution in [2.24, 2.45) is 0 Å². The molecule has 2 aromatic heterocycles. The van der Waals surface area contributed by atoms with Crippen LogP contribution in [0.2, 0.25) is 0 Å². The summed E-state index contributed by atoms with van der Waals surface area (Å²) in [5, 5.41) is 5.02. The number of aromatic nitrogens is 2. The van der Waals surface area contributed by atoms with E-state index >= 15 is 0 Å². The summed E-state index contributed by atoms with van der Waals surface area (Å²) >= 11 is 1.57. The SMILES string of the molecule is CCC(CNC(=O)Cc1cn2ccsc2n1)c1ccccc1. The number of hydrogen-bond donors (Lipinski definition) is 1. The lowest BCUT2D eigenvalue weighted by Crippen LogP contribution is -2.29. The summed E-state index contributed by atoms with van der Waals surface area (Å²) < 4.78 is 1.95. The second-order valence-corrected chi connectivity index (χ2v) is 6.19. The van der Waals surface area contributed by atoms with E-state index in [1.54, 1.807) is 11.3 Å². The van der Waals surface area contributed by atoms with Crippen molar-refractivity contribution < 1.29 is 4.79 Å². The van der Waals surface area contributed by atoms with Gasteiger partial charge in [-0.05, 0) is 12.0 Å². The van der Waals surface area contributed by atoms with Crippen LogP contribution in [-0.2, 0) is 11.2 Å². The Bertz CT molecular complexity index is 719. The maximum Gasteiger partial charge on any atom is 0.226 e. The Morgan fingerprint density at radius 1 is 1.36 bits per heavy atom. The number of hydrogen-bond acceptors (Lipinski definition) is 3. The lowest BCUT2D eigenvalue weighted by atomic mass is 9.96. The van der Waals surface area contributed by atoms with E-state index in [0.717, 1.165) is 17.1 Å². The molecule has 4 nitrogen and oxygen atoms in total. The van der Waals surface area contributed by atoms with E-state index in [1.165, 1.54) is 5.56 Å². The predicted octanol–water partition coefficient (Wildman–Crippen LogP) is 3.25. The molecule has 1 atom stereocenters. The molecule has 1 aromatic carbocycles. The molecule has 5 heteroatoms. The Balaban J connectivity index is 1.56. The van der Waals surface area contributed by atoms with Crippen LogP contribution >= 0.6 is 11.3 Å². The summed E-state index contributed by atoms with van der Waals surface area (Å²) in [6, 6.07) is 10.3. The molecule has 1 N–H and O–H groups in total. The zero-order valence-corrected chi connectivity index (χ0v) is 13.3. The van der Waals surface area contributed by atoms with E-state index < -0.39 is 0 Å². The number of benzene rings is 1. The van der Waals surface area contributed by atoms with Crippen molar-refractivity contribution in [3.63, 3.8) is 0 Å². The van der Waals surface area contributed by atoms with Gasteiger partial charge in [0.25, 0.3) is 0 Å². The molecule has 3 aromatic rings. The van der Waals surface area contributed by atoms with Crippen LogP contribution < -0.4 is 5.32 Å². The molecule has 0 saturated carbocycles. The topological polar surface area (TPSA) is 46.4 Å². The largest absolute Gasteiger partial charge is 0.355 e. The zero-order chi connectivity index (χ0) is 15.4. The first-order valence-electron chi connectivity index (χ1n) is 7.49. The number of nitrogens with zero attached hydrogens (tertiary/aromatic N) is 2. The van der Waals surface area contributed by atoms with E-state index in [9.17, 15) is 4.79 Å². The average Bonchev–Trinajstić information content (AvgIpc) is 3.10. The first kappa shape index (κ1) is 14.8. The number of fused-ring (bicyclic) bond motifs is 1. The van der Waals surface area contributed by atoms with Crippen LogP contribution in [0.4, 0.5) is 0 Å². The summed E-state index contributed by atoms with van der Waals surface area (Å²) in [6.45, 7) is 2.81. The molecule has 0 fully saturated rings. The van der Waals surface area contributed by atoms with Gasteiger partial charge in [0.1, 0.15) is 0 Å². The van der Waals surface area contributed by atoms with Crippen molar-refractivity contribution in [1.82, 2.24) is 14.7 Å². The van der Waals surface area contributed by atoms with Crippen LogP contribution in [-0.4, -0.2) is 21.8 Å². The third-order valence-electron chi connectivity index (χ3n) is 3.79. The van der Waals surface area contributed by atoms with Crippen molar-refractivity contribution in [3.8, 4) is 0 Å². The Hall–Kier alpha value is -2.14. The minimum Gasteiger partial charge on any atom is -0.355 e. The summed E-state index contributed by atoms with van der Waals surface area (Å²) in [6.07, 6.45) is 5.21. The van der Waals surface area contributed by atoms with Crippen LogP contribution in [0.25, 0.3) is 4.96 Å². The van der Waals surface area contributed by atoms with Gasteiger partial charge in [-0.3, -0.25) is 9.20 Å². The van der Waals surface area contributed by atoms with Gasteiger partial charge >= 0.3 is 0 Å². The number of nitrogens with one attached hydrogen (secondary N) is 1. The van der Waals surface area contributed by atoms with Crippen molar-refractivity contribution in [3.05, 3.63) is 59.4 Å². The molecular formula is C17H19N3OS. The highest BCUT2D eigenvalue weighted by Gasteiger charge is 2.12. The Labute approximate surface area is 133 Å². The number of carbonyl (C=O) groups excluding carboxylic acids is 1. The number of thiazole rings is 1. The van der Waals surface area contributed by atoms with Gasteiger partial charge in [0, 0.05) is 30.2 Å². The molecule has 0 aliphatic carbocycles. The molecule has 2 heterocycles. The molecule has 1 unspecified atom stereocenters. The van der Waals surface area contributed by atoms with E-state index in [0.29, 0.717) is 18.9 Å². The van der Waals surface area contributed by atoms with E-state index in [4.69, 9.17) is 0 Å². The third-order valence-corrected chi connectivity index (χ3v) is 4.56. The molecule has 114 valence electrons. The fraction of sp³-hybridized carbons (Fsp3) is 0.294. The number of imidazole rings is 1. The fourth-order valence-corrected chi connectivity index (χ4v) is 3.27. The predicted molar refractivity (Wildman–Crippen MR) is 89.3 cm³/mol. The smallest absolute Gasteiger partial charge is 0.226 e. The van der Waals surface area contributed by atoms with E-state index in [1.807, 2.05) is 40.4 Å². The molecule has 0 bridgehead atoms. The summed E-state index contributed by atoms with van der Waals surface area (Å²) in [7, 11) is 0. The van der Waals surface area contributed by atoms with Gasteiger partial charge < -0.3 is 5.32 Å². The first-order valence-corrected chi connectivity index (χ1v) is 8.37. The van der Waals surface area contributed by atoms with Gasteiger partial charge in [0.2, 0.25) is 5.91 Å². The Morgan fingerprint density at radius 3 is 2.91 bits per heavy atom. The molecule has 0 spiro atoms. The summed E-state index contributed by atoms with van der Waals surface area (Å²) in [5.41, 5.74) is 2.09. The minimum absolute atomic E-state index is 0.0279. The Kier molecular flexibility index (Phi) is 4.53. The highest BCUT2D eigenvalue weighted by Crippen LogP contribution is 2.18. The summed E-state index contributed by atoms with van der Waals surface area (Å²) in [5.74, 6) is 0.385. The molecular weight excluding hydrogens is 294 g/mol. The molecule has 1 amide bonds. The van der Waals surface area contributed by atoms with Gasteiger partial charge in [-0.2, -0.15) is 0 Å². The minimum atomic E-state index is 0.0279. The van der Waals surface area contributed by atoms with Crippen molar-refractivity contribution in [2.45, 2.75) is 25.7 Å². The van der Waals surface area contributed by atoms with Crippen LogP contribution in [0.1, 0.15) is 30.5 Å². The van der Waals surface area contributed by atoms with Gasteiger partial charge in [-0.1, -0.05) is 37.3 Å². The van der Waals surface area contributed by atoms with Crippen molar-refractivity contribution >= 4 is 22.2 Å². The highest BCUT2D eigenvalue weighted by atomic mass is 32.1. The van der Waals surface area contributed by atoms with E-state index in [-0.39, 0.29) is 5.91 Å². The van der Waals surface area contributed by atoms with Gasteiger partial charge in [0.05, 0.1) is 12.1 Å². The highest BCUT2D eigenvalue weighted by molar-refractivity contribution is 7.15. The van der Waals surface area contributed by atoms with Gasteiger partial charge in [0.15, 0.2) is 4.96 Å². The maximum atomic E-state index is 12.1. The van der Waals surface area contributed by atoms with Crippen LogP contribution in [0.5, 0.6) is 0 Å². The molecule has 3 rings (SSSR count). The molecule has 0 radical (unpaired) electrons. The first-order chi connectivity index (χ1) is 10.8. The third kappa shape index (κ3) is 3.36. The van der Waals surface area contributed by atoms with Crippen molar-refractivity contribution in [2.75, 3.05) is 6.54 Å². The molecule has 0 aliphatic heterocycles. The average molecular weight is 313 g/mol. The maximum absolute atomic E-state index is 12.1. The molecule has 0 aliphatic rings.